The zero-order valence-corrected chi connectivity index (χ0v) is 18.0. The van der Waals surface area contributed by atoms with Crippen molar-refractivity contribution in [3.8, 4) is 11.1 Å². The predicted octanol–water partition coefficient (Wildman–Crippen LogP) is 6.55. The number of thiophene rings is 1. The lowest BCUT2D eigenvalue weighted by atomic mass is 9.84. The van der Waals surface area contributed by atoms with Crippen molar-refractivity contribution >= 4 is 29.2 Å². The van der Waals surface area contributed by atoms with Crippen molar-refractivity contribution in [1.29, 1.82) is 5.41 Å². The minimum atomic E-state index is -0.0884. The largest absolute Gasteiger partial charge is 0.313 e. The van der Waals surface area contributed by atoms with Crippen LogP contribution >= 0.6 is 22.9 Å². The van der Waals surface area contributed by atoms with E-state index < -0.39 is 0 Å². The van der Waals surface area contributed by atoms with E-state index in [0.717, 1.165) is 5.56 Å². The molecule has 0 aromatic carbocycles. The summed E-state index contributed by atoms with van der Waals surface area (Å²) < 4.78 is 0. The third-order valence-electron chi connectivity index (χ3n) is 4.28. The highest BCUT2D eigenvalue weighted by molar-refractivity contribution is 7.10. The molecule has 0 saturated heterocycles. The van der Waals surface area contributed by atoms with Crippen molar-refractivity contribution in [2.75, 3.05) is 7.05 Å². The third-order valence-corrected chi connectivity index (χ3v) is 5.56. The number of nitrogens with one attached hydrogen (secondary N) is 2. The van der Waals surface area contributed by atoms with Crippen molar-refractivity contribution in [3.63, 3.8) is 0 Å². The lowest BCUT2D eigenvalue weighted by molar-refractivity contribution is 0.381. The van der Waals surface area contributed by atoms with E-state index in [2.05, 4.69) is 35.2 Å². The molecule has 3 nitrogen and oxygen atoms in total. The van der Waals surface area contributed by atoms with E-state index in [4.69, 9.17) is 17.0 Å². The fourth-order valence-electron chi connectivity index (χ4n) is 3.08. The van der Waals surface area contributed by atoms with E-state index in [1.54, 1.807) is 24.5 Å². The van der Waals surface area contributed by atoms with Gasteiger partial charge in [0.15, 0.2) is 0 Å². The van der Waals surface area contributed by atoms with Gasteiger partial charge in [-0.25, -0.2) is 0 Å². The lowest BCUT2D eigenvalue weighted by Gasteiger charge is -2.34. The molecule has 0 spiro atoms. The van der Waals surface area contributed by atoms with Gasteiger partial charge in [-0.3, -0.25) is 4.98 Å². The molecule has 0 aliphatic heterocycles. The number of hydrogen-bond acceptors (Lipinski definition) is 4. The molecule has 2 aromatic heterocycles. The van der Waals surface area contributed by atoms with Crippen LogP contribution in [0.1, 0.15) is 45.4 Å². The van der Waals surface area contributed by atoms with Gasteiger partial charge in [-0.2, -0.15) is 0 Å². The quantitative estimate of drug-likeness (QED) is 0.448. The summed E-state index contributed by atoms with van der Waals surface area (Å²) in [6.45, 7) is 12.0. The Labute approximate surface area is 167 Å². The summed E-state index contributed by atoms with van der Waals surface area (Å²) in [5.74, 6) is 0.656. The summed E-state index contributed by atoms with van der Waals surface area (Å²) in [6.07, 6.45) is 7.30. The molecule has 2 aromatic rings. The highest BCUT2D eigenvalue weighted by Gasteiger charge is 2.47. The van der Waals surface area contributed by atoms with Gasteiger partial charge >= 0.3 is 0 Å². The molecule has 142 valence electrons. The summed E-state index contributed by atoms with van der Waals surface area (Å²) in [5.41, 5.74) is 3.33. The summed E-state index contributed by atoms with van der Waals surface area (Å²) in [7, 11) is 2.04. The fraction of sp³-hybridized carbons (Fsp3) is 0.429. The van der Waals surface area contributed by atoms with Crippen LogP contribution in [-0.4, -0.2) is 18.2 Å². The van der Waals surface area contributed by atoms with E-state index in [-0.39, 0.29) is 5.54 Å². The minimum absolute atomic E-state index is 0.0884. The van der Waals surface area contributed by atoms with Crippen molar-refractivity contribution in [2.24, 2.45) is 5.92 Å². The van der Waals surface area contributed by atoms with Crippen molar-refractivity contribution < 1.29 is 0 Å². The number of nitrogens with zero attached hydrogens (tertiary/aromatic N) is 1. The van der Waals surface area contributed by atoms with Gasteiger partial charge in [-0.05, 0) is 68.9 Å². The molecule has 1 unspecified atom stereocenters. The Balaban J connectivity index is 0.000000615. The first kappa shape index (κ1) is 22.6. The zero-order chi connectivity index (χ0) is 19.7. The highest BCUT2D eigenvalue weighted by Crippen LogP contribution is 2.51. The molecule has 1 saturated carbocycles. The summed E-state index contributed by atoms with van der Waals surface area (Å²) in [5, 5.41) is 12.5. The van der Waals surface area contributed by atoms with Gasteiger partial charge < -0.3 is 10.7 Å². The van der Waals surface area contributed by atoms with Crippen LogP contribution in [0.5, 0.6) is 0 Å². The second-order valence-electron chi connectivity index (χ2n) is 5.99. The maximum absolute atomic E-state index is 6.08. The van der Waals surface area contributed by atoms with Gasteiger partial charge in [-0.15, -0.1) is 11.3 Å². The van der Waals surface area contributed by atoms with Crippen molar-refractivity contribution in [2.45, 2.75) is 46.1 Å². The average Bonchev–Trinajstić information content (AvgIpc) is 3.35. The molecule has 0 bridgehead atoms. The Morgan fingerprint density at radius 2 is 1.96 bits per heavy atom. The SMILES string of the molecule is C=C(C)C(NC)(c1cc(-c2cncc(Cl)c2)cs1)C1CC1.CC.CC=N. The minimum Gasteiger partial charge on any atom is -0.313 e. The number of aromatic nitrogens is 1. The van der Waals surface area contributed by atoms with Crippen LogP contribution in [0.4, 0.5) is 0 Å². The number of pyridine rings is 1. The van der Waals surface area contributed by atoms with E-state index >= 15 is 0 Å². The molecule has 2 N–H and O–H groups in total. The molecule has 1 fully saturated rings. The van der Waals surface area contributed by atoms with Crippen molar-refractivity contribution in [3.05, 3.63) is 52.0 Å². The second-order valence-corrected chi connectivity index (χ2v) is 7.34. The molecular formula is C21H30ClN3S. The van der Waals surface area contributed by atoms with Crippen LogP contribution in [0.15, 0.2) is 42.1 Å². The fourth-order valence-corrected chi connectivity index (χ4v) is 4.54. The number of likely N-dealkylation sites (N-methyl/N-ethyl adjacent to an activating group) is 1. The van der Waals surface area contributed by atoms with E-state index in [1.807, 2.05) is 33.2 Å². The van der Waals surface area contributed by atoms with Gasteiger partial charge in [0.2, 0.25) is 0 Å². The molecule has 1 atom stereocenters. The maximum atomic E-state index is 6.08. The first-order valence-electron chi connectivity index (χ1n) is 8.99. The molecule has 3 rings (SSSR count). The van der Waals surface area contributed by atoms with Crippen LogP contribution in [0.3, 0.4) is 0 Å². The van der Waals surface area contributed by atoms with Gasteiger partial charge in [0.25, 0.3) is 0 Å². The maximum Gasteiger partial charge on any atom is 0.0764 e. The van der Waals surface area contributed by atoms with Crippen LogP contribution in [0, 0.1) is 11.3 Å². The predicted molar refractivity (Wildman–Crippen MR) is 117 cm³/mol. The summed E-state index contributed by atoms with van der Waals surface area (Å²) in [4.78, 5) is 5.50. The monoisotopic (exact) mass is 391 g/mol. The summed E-state index contributed by atoms with van der Waals surface area (Å²) >= 11 is 7.83. The third kappa shape index (κ3) is 5.03. The van der Waals surface area contributed by atoms with E-state index in [9.17, 15) is 0 Å². The molecule has 0 amide bonds. The number of rotatable bonds is 5. The van der Waals surface area contributed by atoms with Crippen LogP contribution in [-0.2, 0) is 5.54 Å². The van der Waals surface area contributed by atoms with Gasteiger partial charge in [0, 0.05) is 22.8 Å². The first-order valence-corrected chi connectivity index (χ1v) is 10.2. The zero-order valence-electron chi connectivity index (χ0n) is 16.4. The molecule has 5 heteroatoms. The van der Waals surface area contributed by atoms with E-state index in [0.29, 0.717) is 10.9 Å². The van der Waals surface area contributed by atoms with Crippen LogP contribution in [0.2, 0.25) is 5.02 Å². The molecule has 2 heterocycles. The molecule has 1 aliphatic carbocycles. The molecule has 1 aliphatic rings. The van der Waals surface area contributed by atoms with E-state index in [1.165, 1.54) is 35.1 Å². The second kappa shape index (κ2) is 10.6. The molecular weight excluding hydrogens is 362 g/mol. The number of hydrogen-bond donors (Lipinski definition) is 2. The van der Waals surface area contributed by atoms with Gasteiger partial charge in [0.05, 0.1) is 10.6 Å². The Bertz CT molecular complexity index is 722. The first-order chi connectivity index (χ1) is 12.5. The Hall–Kier alpha value is -1.49. The van der Waals surface area contributed by atoms with Crippen molar-refractivity contribution in [1.82, 2.24) is 10.3 Å². The smallest absolute Gasteiger partial charge is 0.0764 e. The Morgan fingerprint density at radius 1 is 1.35 bits per heavy atom. The molecule has 0 radical (unpaired) electrons. The standard InChI is InChI=1S/C17H19ClN2S.C2H5N.C2H6/c1-11(2)17(19-3,14-4-5-14)16-7-13(10-21-16)12-6-15(18)9-20-8-12;1-2-3;1-2/h6-10,14,19H,1,4-5H2,2-3H3;2-3H,1H3;1-2H3. The van der Waals surface area contributed by atoms with Crippen LogP contribution in [0.25, 0.3) is 11.1 Å². The average molecular weight is 392 g/mol. The topological polar surface area (TPSA) is 48.8 Å². The van der Waals surface area contributed by atoms with Gasteiger partial charge in [-0.1, -0.05) is 37.6 Å². The van der Waals surface area contributed by atoms with Gasteiger partial charge in [0.1, 0.15) is 0 Å². The Morgan fingerprint density at radius 3 is 2.42 bits per heavy atom. The highest BCUT2D eigenvalue weighted by atomic mass is 35.5. The number of halogens is 1. The molecule has 26 heavy (non-hydrogen) atoms. The normalized spacial score (nSPS) is 14.8. The van der Waals surface area contributed by atoms with Crippen LogP contribution < -0.4 is 5.32 Å². The lowest BCUT2D eigenvalue weighted by Crippen LogP contribution is -2.42. The Kier molecular flexibility index (Phi) is 9.20. The summed E-state index contributed by atoms with van der Waals surface area (Å²) in [6, 6.07) is 4.21.